The van der Waals surface area contributed by atoms with E-state index in [1.165, 1.54) is 13.8 Å². The van der Waals surface area contributed by atoms with Gasteiger partial charge in [0.15, 0.2) is 5.60 Å². The summed E-state index contributed by atoms with van der Waals surface area (Å²) in [5, 5.41) is 11.0. The molecule has 2 aliphatic carbocycles. The van der Waals surface area contributed by atoms with E-state index in [9.17, 15) is 24.3 Å². The van der Waals surface area contributed by atoms with E-state index in [1.54, 1.807) is 69.3 Å². The molecule has 3 rings (SSSR count). The molecule has 1 N–H and O–H groups in total. The monoisotopic (exact) mass is 540 g/mol. The zero-order valence-electron chi connectivity index (χ0n) is 23.8. The van der Waals surface area contributed by atoms with Gasteiger partial charge in [0, 0.05) is 31.6 Å². The lowest BCUT2D eigenvalue weighted by atomic mass is 9.75. The van der Waals surface area contributed by atoms with Crippen LogP contribution in [-0.2, 0) is 28.6 Å². The van der Waals surface area contributed by atoms with Crippen molar-refractivity contribution in [2.24, 2.45) is 23.2 Å². The fourth-order valence-corrected chi connectivity index (χ4v) is 5.73. The number of fused-ring (bicyclic) bond motifs is 1. The van der Waals surface area contributed by atoms with Crippen molar-refractivity contribution in [1.29, 1.82) is 0 Å². The Morgan fingerprint density at radius 3 is 2.23 bits per heavy atom. The van der Waals surface area contributed by atoms with Crippen LogP contribution in [0.2, 0.25) is 0 Å². The molecule has 8 heteroatoms. The van der Waals surface area contributed by atoms with Gasteiger partial charge in [0.2, 0.25) is 0 Å². The van der Waals surface area contributed by atoms with E-state index in [2.05, 4.69) is 0 Å². The van der Waals surface area contributed by atoms with Crippen LogP contribution in [0.15, 0.2) is 54.1 Å². The fourth-order valence-electron chi connectivity index (χ4n) is 5.73. The van der Waals surface area contributed by atoms with Crippen molar-refractivity contribution in [1.82, 2.24) is 0 Å². The molecule has 1 saturated carbocycles. The second-order valence-corrected chi connectivity index (χ2v) is 11.5. The predicted octanol–water partition coefficient (Wildman–Crippen LogP) is 4.60. The molecule has 0 saturated heterocycles. The molecule has 7 atom stereocenters. The largest absolute Gasteiger partial charge is 0.458 e. The average molecular weight is 541 g/mol. The van der Waals surface area contributed by atoms with E-state index in [0.29, 0.717) is 11.1 Å². The number of aliphatic hydroxyl groups is 1. The molecule has 1 fully saturated rings. The quantitative estimate of drug-likeness (QED) is 0.335. The van der Waals surface area contributed by atoms with Crippen LogP contribution in [0.25, 0.3) is 0 Å². The summed E-state index contributed by atoms with van der Waals surface area (Å²) in [5.74, 6) is -3.40. The predicted molar refractivity (Wildman–Crippen MR) is 144 cm³/mol. The molecular formula is C31H40O8. The Morgan fingerprint density at radius 1 is 1.00 bits per heavy atom. The van der Waals surface area contributed by atoms with Gasteiger partial charge in [0.25, 0.3) is 0 Å². The third-order valence-electron chi connectivity index (χ3n) is 7.84. The number of carbonyl (C=O) groups is 4. The van der Waals surface area contributed by atoms with Crippen molar-refractivity contribution >= 4 is 23.7 Å². The lowest BCUT2D eigenvalue weighted by molar-refractivity contribution is -0.195. The van der Waals surface area contributed by atoms with E-state index < -0.39 is 59.1 Å². The summed E-state index contributed by atoms with van der Waals surface area (Å²) in [6.07, 6.45) is 2.53. The Balaban J connectivity index is 2.23. The normalized spacial score (nSPS) is 34.8. The Bertz CT molecular complexity index is 1150. The molecule has 0 unspecified atom stereocenters. The number of carbonyl (C=O) groups excluding carboxylic acids is 4. The number of allylic oxidation sites excluding steroid dienone is 1. The van der Waals surface area contributed by atoms with Gasteiger partial charge < -0.3 is 19.3 Å². The second-order valence-electron chi connectivity index (χ2n) is 11.5. The maximum atomic E-state index is 13.2. The van der Waals surface area contributed by atoms with Gasteiger partial charge in [-0.15, -0.1) is 0 Å². The summed E-state index contributed by atoms with van der Waals surface area (Å²) in [6, 6.07) is 8.56. The molecule has 39 heavy (non-hydrogen) atoms. The summed E-state index contributed by atoms with van der Waals surface area (Å²) in [4.78, 5) is 51.2. The fraction of sp³-hybridized carbons (Fsp3) is 0.548. The number of esters is 3. The highest BCUT2D eigenvalue weighted by Gasteiger charge is 2.62. The van der Waals surface area contributed by atoms with Crippen LogP contribution < -0.4 is 0 Å². The van der Waals surface area contributed by atoms with Gasteiger partial charge in [-0.1, -0.05) is 50.3 Å². The van der Waals surface area contributed by atoms with Crippen molar-refractivity contribution in [3.63, 3.8) is 0 Å². The van der Waals surface area contributed by atoms with E-state index in [-0.39, 0.29) is 24.5 Å². The number of ketones is 1. The second kappa shape index (κ2) is 11.9. The molecule has 0 heterocycles. The number of ether oxygens (including phenoxy) is 3. The zero-order valence-corrected chi connectivity index (χ0v) is 23.8. The number of benzene rings is 1. The Labute approximate surface area is 230 Å². The highest BCUT2D eigenvalue weighted by molar-refractivity contribution is 5.89. The third kappa shape index (κ3) is 6.67. The maximum absolute atomic E-state index is 13.2. The molecule has 0 amide bonds. The molecule has 0 aromatic heterocycles. The molecule has 212 valence electrons. The number of hydrogen-bond acceptors (Lipinski definition) is 8. The van der Waals surface area contributed by atoms with Gasteiger partial charge in [0.05, 0.1) is 17.6 Å². The van der Waals surface area contributed by atoms with Crippen molar-refractivity contribution in [3.05, 3.63) is 59.7 Å². The van der Waals surface area contributed by atoms with Gasteiger partial charge in [-0.25, -0.2) is 4.79 Å². The van der Waals surface area contributed by atoms with Gasteiger partial charge in [0.1, 0.15) is 18.0 Å². The number of rotatable bonds is 4. The van der Waals surface area contributed by atoms with E-state index in [0.717, 1.165) is 0 Å². The summed E-state index contributed by atoms with van der Waals surface area (Å²) in [5.41, 5.74) is -1.46. The van der Waals surface area contributed by atoms with E-state index in [1.807, 2.05) is 13.8 Å². The van der Waals surface area contributed by atoms with Crippen LogP contribution in [0.5, 0.6) is 0 Å². The van der Waals surface area contributed by atoms with Crippen molar-refractivity contribution in [2.45, 2.75) is 85.2 Å². The van der Waals surface area contributed by atoms with Crippen LogP contribution in [-0.4, -0.2) is 52.7 Å². The zero-order chi connectivity index (χ0) is 29.1. The molecule has 0 bridgehead atoms. The van der Waals surface area contributed by atoms with Crippen LogP contribution >= 0.6 is 0 Å². The van der Waals surface area contributed by atoms with Gasteiger partial charge in [-0.3, -0.25) is 14.4 Å². The van der Waals surface area contributed by atoms with Crippen molar-refractivity contribution in [3.8, 4) is 0 Å². The van der Waals surface area contributed by atoms with Crippen molar-refractivity contribution < 1.29 is 38.5 Å². The first-order valence-corrected chi connectivity index (χ1v) is 13.4. The van der Waals surface area contributed by atoms with Crippen LogP contribution in [0, 0.1) is 23.2 Å². The molecule has 2 aliphatic rings. The molecule has 8 nitrogen and oxygen atoms in total. The van der Waals surface area contributed by atoms with Gasteiger partial charge in [-0.2, -0.15) is 0 Å². The average Bonchev–Trinajstić information content (AvgIpc) is 3.10. The van der Waals surface area contributed by atoms with Crippen LogP contribution in [0.1, 0.15) is 71.7 Å². The van der Waals surface area contributed by atoms with Crippen molar-refractivity contribution in [2.75, 3.05) is 0 Å². The molecule has 0 radical (unpaired) electrons. The van der Waals surface area contributed by atoms with E-state index in [4.69, 9.17) is 14.2 Å². The molecule has 1 aromatic rings. The molecule has 0 aliphatic heterocycles. The summed E-state index contributed by atoms with van der Waals surface area (Å²) < 4.78 is 18.0. The molecular weight excluding hydrogens is 500 g/mol. The Kier molecular flexibility index (Phi) is 9.21. The lowest BCUT2D eigenvalue weighted by Gasteiger charge is -2.43. The molecule has 1 aromatic carbocycles. The Hall–Kier alpha value is -3.26. The van der Waals surface area contributed by atoms with Gasteiger partial charge >= 0.3 is 17.9 Å². The minimum atomic E-state index is -1.41. The smallest absolute Gasteiger partial charge is 0.338 e. The summed E-state index contributed by atoms with van der Waals surface area (Å²) in [6.45, 7) is 11.5. The Morgan fingerprint density at radius 2 is 1.64 bits per heavy atom. The summed E-state index contributed by atoms with van der Waals surface area (Å²) in [7, 11) is 0. The first-order chi connectivity index (χ1) is 18.2. The van der Waals surface area contributed by atoms with Crippen LogP contribution in [0.3, 0.4) is 0 Å². The summed E-state index contributed by atoms with van der Waals surface area (Å²) >= 11 is 0. The minimum absolute atomic E-state index is 0.112. The SMILES string of the molecule is CC(=O)O[C@@H]1[C@@H](C)/C=C/C(C)(C)C(=O)C[C@@H](O)/C(C)=C/[C@H]2[C@@H](OC(=O)c3ccccc3)[C@@H](C)C[C@]12OC(C)=O. The first-order valence-electron chi connectivity index (χ1n) is 13.4. The van der Waals surface area contributed by atoms with Gasteiger partial charge in [-0.05, 0) is 50.8 Å². The maximum Gasteiger partial charge on any atom is 0.338 e. The number of Topliss-reactive ketones (excluding diaryl/α,β-unsaturated/α-hetero) is 1. The number of hydrogen-bond donors (Lipinski definition) is 1. The highest BCUT2D eigenvalue weighted by atomic mass is 16.6. The van der Waals surface area contributed by atoms with Crippen LogP contribution in [0.4, 0.5) is 0 Å². The number of aliphatic hydroxyl groups excluding tert-OH is 1. The van der Waals surface area contributed by atoms with E-state index >= 15 is 0 Å². The standard InChI is InChI=1S/C31H40O8/c1-18-13-14-30(6,7)26(35)16-25(34)19(2)15-24-27(38-29(36)23-11-9-8-10-12-23)20(3)17-31(24,39-22(5)33)28(18)37-21(4)32/h8-15,18,20,24-25,27-28,34H,16-17H2,1-7H3/b14-13+,19-15+/t18-,20-,24-,25+,27-,28+,31+/m0/s1. The molecule has 0 spiro atoms. The minimum Gasteiger partial charge on any atom is -0.458 e. The third-order valence-corrected chi connectivity index (χ3v) is 7.84. The lowest BCUT2D eigenvalue weighted by Crippen LogP contribution is -2.55. The first kappa shape index (κ1) is 30.3. The topological polar surface area (TPSA) is 116 Å². The highest BCUT2D eigenvalue weighted by Crippen LogP contribution is 2.51.